The predicted octanol–water partition coefficient (Wildman–Crippen LogP) is 3.68. The number of hydrogen-bond acceptors (Lipinski definition) is 4. The van der Waals surface area contributed by atoms with Crippen LogP contribution >= 0.6 is 0 Å². The molecule has 0 spiro atoms. The summed E-state index contributed by atoms with van der Waals surface area (Å²) < 4.78 is 26.9. The Morgan fingerprint density at radius 1 is 0.875 bits per heavy atom. The number of anilines is 1. The van der Waals surface area contributed by atoms with Crippen LogP contribution in [0.2, 0.25) is 0 Å². The van der Waals surface area contributed by atoms with Crippen molar-refractivity contribution in [2.45, 2.75) is 18.4 Å². The minimum absolute atomic E-state index is 0.186. The van der Waals surface area contributed by atoms with Crippen LogP contribution in [0, 0.1) is 6.92 Å². The lowest BCUT2D eigenvalue weighted by Crippen LogP contribution is -2.32. The molecule has 0 aliphatic heterocycles. The van der Waals surface area contributed by atoms with Crippen molar-refractivity contribution in [3.8, 4) is 0 Å². The zero-order chi connectivity index (χ0) is 23.1. The fourth-order valence-electron chi connectivity index (χ4n) is 3.27. The van der Waals surface area contributed by atoms with Crippen molar-refractivity contribution in [1.29, 1.82) is 0 Å². The Labute approximate surface area is 190 Å². The zero-order valence-electron chi connectivity index (χ0n) is 18.7. The molecule has 0 bridgehead atoms. The molecule has 0 saturated carbocycles. The minimum Gasteiger partial charge on any atom is -0.351 e. The van der Waals surface area contributed by atoms with Crippen LogP contribution in [0.3, 0.4) is 0 Å². The maximum Gasteiger partial charge on any atom is 0.264 e. The summed E-state index contributed by atoms with van der Waals surface area (Å²) in [5, 5.41) is 2.91. The van der Waals surface area contributed by atoms with Crippen LogP contribution in [0.4, 0.5) is 5.69 Å². The van der Waals surface area contributed by atoms with Gasteiger partial charge in [0, 0.05) is 32.2 Å². The van der Waals surface area contributed by atoms with Gasteiger partial charge in [0.25, 0.3) is 15.9 Å². The third-order valence-electron chi connectivity index (χ3n) is 5.25. The van der Waals surface area contributed by atoms with Crippen molar-refractivity contribution in [2.24, 2.45) is 0 Å². The van der Waals surface area contributed by atoms with Crippen LogP contribution in [0.25, 0.3) is 0 Å². The number of amides is 1. The number of rotatable bonds is 9. The van der Waals surface area contributed by atoms with E-state index in [1.807, 2.05) is 32.2 Å². The average Bonchev–Trinajstić information content (AvgIpc) is 2.79. The number of hydrogen-bond donors (Lipinski definition) is 1. The molecule has 168 valence electrons. The molecule has 0 saturated heterocycles. The number of benzene rings is 3. The van der Waals surface area contributed by atoms with Gasteiger partial charge < -0.3 is 10.2 Å². The van der Waals surface area contributed by atoms with Gasteiger partial charge in [-0.1, -0.05) is 48.0 Å². The standard InChI is InChI=1S/C25H29N3O3S/c1-20-9-15-24(16-10-20)32(30,31)28(3)23-13-11-22(12-14-23)25(29)26-17-18-27(2)19-21-7-5-4-6-8-21/h4-16H,17-19H2,1-3H3,(H,26,29). The highest BCUT2D eigenvalue weighted by molar-refractivity contribution is 7.92. The highest BCUT2D eigenvalue weighted by Gasteiger charge is 2.21. The van der Waals surface area contributed by atoms with Crippen LogP contribution in [0.15, 0.2) is 83.8 Å². The zero-order valence-corrected chi connectivity index (χ0v) is 19.5. The van der Waals surface area contributed by atoms with Gasteiger partial charge >= 0.3 is 0 Å². The summed E-state index contributed by atoms with van der Waals surface area (Å²) in [4.78, 5) is 14.8. The maximum absolute atomic E-state index is 12.8. The minimum atomic E-state index is -3.66. The number of carbonyl (C=O) groups excluding carboxylic acids is 1. The first-order chi connectivity index (χ1) is 15.3. The SMILES string of the molecule is Cc1ccc(S(=O)(=O)N(C)c2ccc(C(=O)NCCN(C)Cc3ccccc3)cc2)cc1. The summed E-state index contributed by atoms with van der Waals surface area (Å²) in [6, 6.07) is 23.5. The fourth-order valence-corrected chi connectivity index (χ4v) is 4.46. The Hall–Kier alpha value is -3.16. The van der Waals surface area contributed by atoms with E-state index in [1.54, 1.807) is 48.5 Å². The van der Waals surface area contributed by atoms with E-state index >= 15 is 0 Å². The molecular formula is C25H29N3O3S. The van der Waals surface area contributed by atoms with Crippen molar-refractivity contribution < 1.29 is 13.2 Å². The van der Waals surface area contributed by atoms with Gasteiger partial charge in [-0.3, -0.25) is 9.10 Å². The van der Waals surface area contributed by atoms with E-state index in [0.717, 1.165) is 18.7 Å². The number of likely N-dealkylation sites (N-methyl/N-ethyl adjacent to an activating group) is 1. The van der Waals surface area contributed by atoms with Crippen LogP contribution < -0.4 is 9.62 Å². The van der Waals surface area contributed by atoms with Crippen LogP contribution in [0.1, 0.15) is 21.5 Å². The van der Waals surface area contributed by atoms with Crippen LogP contribution in [-0.4, -0.2) is 46.4 Å². The Morgan fingerprint density at radius 2 is 1.50 bits per heavy atom. The monoisotopic (exact) mass is 451 g/mol. The Balaban J connectivity index is 1.55. The molecule has 0 aliphatic carbocycles. The van der Waals surface area contributed by atoms with E-state index in [4.69, 9.17) is 0 Å². The van der Waals surface area contributed by atoms with E-state index in [2.05, 4.69) is 22.3 Å². The van der Waals surface area contributed by atoms with E-state index < -0.39 is 10.0 Å². The highest BCUT2D eigenvalue weighted by Crippen LogP contribution is 2.22. The lowest BCUT2D eigenvalue weighted by atomic mass is 10.2. The molecule has 1 amide bonds. The van der Waals surface area contributed by atoms with Gasteiger partial charge in [-0.25, -0.2) is 8.42 Å². The molecular weight excluding hydrogens is 422 g/mol. The third kappa shape index (κ3) is 5.96. The van der Waals surface area contributed by atoms with Crippen molar-refractivity contribution in [3.63, 3.8) is 0 Å². The Bertz CT molecular complexity index is 1130. The summed E-state index contributed by atoms with van der Waals surface area (Å²) in [5.41, 5.74) is 3.19. The summed E-state index contributed by atoms with van der Waals surface area (Å²) in [5.74, 6) is -0.186. The van der Waals surface area contributed by atoms with Crippen molar-refractivity contribution in [2.75, 3.05) is 31.5 Å². The first kappa shape index (κ1) is 23.5. The van der Waals surface area contributed by atoms with Crippen LogP contribution in [-0.2, 0) is 16.6 Å². The van der Waals surface area contributed by atoms with Gasteiger partial charge in [-0.2, -0.15) is 0 Å². The summed E-state index contributed by atoms with van der Waals surface area (Å²) in [6.45, 7) is 3.96. The summed E-state index contributed by atoms with van der Waals surface area (Å²) in [6.07, 6.45) is 0. The molecule has 0 atom stereocenters. The molecule has 0 fully saturated rings. The highest BCUT2D eigenvalue weighted by atomic mass is 32.2. The fraction of sp³-hybridized carbons (Fsp3) is 0.240. The average molecular weight is 452 g/mol. The molecule has 3 aromatic carbocycles. The molecule has 6 nitrogen and oxygen atoms in total. The largest absolute Gasteiger partial charge is 0.351 e. The lowest BCUT2D eigenvalue weighted by molar-refractivity contribution is 0.0949. The van der Waals surface area contributed by atoms with Crippen molar-refractivity contribution >= 4 is 21.6 Å². The topological polar surface area (TPSA) is 69.7 Å². The van der Waals surface area contributed by atoms with Gasteiger partial charge in [-0.15, -0.1) is 0 Å². The Morgan fingerprint density at radius 3 is 2.12 bits per heavy atom. The first-order valence-corrected chi connectivity index (χ1v) is 11.9. The van der Waals surface area contributed by atoms with E-state index in [9.17, 15) is 13.2 Å². The third-order valence-corrected chi connectivity index (χ3v) is 7.05. The summed E-state index contributed by atoms with van der Waals surface area (Å²) in [7, 11) is -0.145. The second kappa shape index (κ2) is 10.4. The van der Waals surface area contributed by atoms with Gasteiger partial charge in [0.2, 0.25) is 0 Å². The second-order valence-corrected chi connectivity index (χ2v) is 9.78. The lowest BCUT2D eigenvalue weighted by Gasteiger charge is -2.20. The molecule has 0 radical (unpaired) electrons. The van der Waals surface area contributed by atoms with Crippen molar-refractivity contribution in [3.05, 3.63) is 95.6 Å². The smallest absolute Gasteiger partial charge is 0.264 e. The van der Waals surface area contributed by atoms with E-state index in [1.165, 1.54) is 16.9 Å². The van der Waals surface area contributed by atoms with Gasteiger partial charge in [0.05, 0.1) is 10.6 Å². The van der Waals surface area contributed by atoms with E-state index in [0.29, 0.717) is 17.8 Å². The molecule has 7 heteroatoms. The van der Waals surface area contributed by atoms with Crippen LogP contribution in [0.5, 0.6) is 0 Å². The van der Waals surface area contributed by atoms with Gasteiger partial charge in [-0.05, 0) is 55.9 Å². The quantitative estimate of drug-likeness (QED) is 0.539. The molecule has 3 aromatic rings. The first-order valence-electron chi connectivity index (χ1n) is 10.4. The molecule has 0 aromatic heterocycles. The molecule has 0 heterocycles. The maximum atomic E-state index is 12.8. The molecule has 1 N–H and O–H groups in total. The number of carbonyl (C=O) groups is 1. The predicted molar refractivity (Wildman–Crippen MR) is 128 cm³/mol. The number of aryl methyl sites for hydroxylation is 1. The summed E-state index contributed by atoms with van der Waals surface area (Å²) >= 11 is 0. The molecule has 32 heavy (non-hydrogen) atoms. The number of nitrogens with one attached hydrogen (secondary N) is 1. The van der Waals surface area contributed by atoms with Gasteiger partial charge in [0.1, 0.15) is 0 Å². The van der Waals surface area contributed by atoms with E-state index in [-0.39, 0.29) is 10.8 Å². The normalized spacial score (nSPS) is 11.4. The molecule has 0 aliphatic rings. The number of nitrogens with zero attached hydrogens (tertiary/aromatic N) is 2. The van der Waals surface area contributed by atoms with Gasteiger partial charge in [0.15, 0.2) is 0 Å². The molecule has 3 rings (SSSR count). The second-order valence-electron chi connectivity index (χ2n) is 7.81. The number of sulfonamides is 1. The molecule has 0 unspecified atom stereocenters. The Kier molecular flexibility index (Phi) is 7.66. The van der Waals surface area contributed by atoms with Crippen molar-refractivity contribution in [1.82, 2.24) is 10.2 Å².